The summed E-state index contributed by atoms with van der Waals surface area (Å²) in [5, 5.41) is 3.75. The quantitative estimate of drug-likeness (QED) is 0.685. The lowest BCUT2D eigenvalue weighted by molar-refractivity contribution is -0.0493. The molecule has 0 bridgehead atoms. The molecule has 0 amide bonds. The van der Waals surface area contributed by atoms with Gasteiger partial charge in [0.2, 0.25) is 0 Å². The summed E-state index contributed by atoms with van der Waals surface area (Å²) in [4.78, 5) is 0. The molecule has 2 rings (SSSR count). The number of ether oxygens (including phenoxy) is 1. The Morgan fingerprint density at radius 3 is 2.78 bits per heavy atom. The minimum absolute atomic E-state index is 0.136. The van der Waals surface area contributed by atoms with Gasteiger partial charge in [-0.05, 0) is 44.1 Å². The van der Waals surface area contributed by atoms with Gasteiger partial charge in [0.05, 0.1) is 6.10 Å². The van der Waals surface area contributed by atoms with Gasteiger partial charge >= 0.3 is 0 Å². The first-order chi connectivity index (χ1) is 8.65. The van der Waals surface area contributed by atoms with Gasteiger partial charge in [-0.15, -0.1) is 0 Å². The summed E-state index contributed by atoms with van der Waals surface area (Å²) in [5.41, 5.74) is 6.17. The molecule has 2 unspecified atom stereocenters. The number of nitrogens with two attached hydrogens (primary N) is 1. The number of hydrogen-bond donors (Lipinski definition) is 2. The molecule has 0 aromatic heterocycles. The SMILES string of the molecule is CC(C)C1CC(CN)(NCCCC2CC2)CCO1. The van der Waals surface area contributed by atoms with Gasteiger partial charge in [-0.25, -0.2) is 0 Å². The van der Waals surface area contributed by atoms with Gasteiger partial charge in [0.25, 0.3) is 0 Å². The molecule has 1 aliphatic carbocycles. The van der Waals surface area contributed by atoms with Crippen LogP contribution in [0.25, 0.3) is 0 Å². The first-order valence-corrected chi connectivity index (χ1v) is 7.72. The third kappa shape index (κ3) is 3.94. The van der Waals surface area contributed by atoms with Gasteiger partial charge in [0.1, 0.15) is 0 Å². The van der Waals surface area contributed by atoms with Gasteiger partial charge in [-0.1, -0.05) is 26.7 Å². The number of hydrogen-bond acceptors (Lipinski definition) is 3. The van der Waals surface area contributed by atoms with Crippen LogP contribution in [0.4, 0.5) is 0 Å². The second kappa shape index (κ2) is 6.36. The predicted octanol–water partition coefficient (Wildman–Crippen LogP) is 2.30. The zero-order valence-electron chi connectivity index (χ0n) is 12.1. The largest absolute Gasteiger partial charge is 0.378 e. The highest BCUT2D eigenvalue weighted by Gasteiger charge is 2.36. The Balaban J connectivity index is 1.76. The van der Waals surface area contributed by atoms with E-state index < -0.39 is 0 Å². The van der Waals surface area contributed by atoms with Crippen molar-refractivity contribution in [1.29, 1.82) is 0 Å². The van der Waals surface area contributed by atoms with Crippen LogP contribution in [0.2, 0.25) is 0 Å². The molecule has 1 saturated heterocycles. The highest BCUT2D eigenvalue weighted by molar-refractivity contribution is 4.95. The van der Waals surface area contributed by atoms with E-state index in [1.807, 2.05) is 0 Å². The molecular weight excluding hydrogens is 224 g/mol. The van der Waals surface area contributed by atoms with E-state index in [9.17, 15) is 0 Å². The van der Waals surface area contributed by atoms with Crippen LogP contribution in [0, 0.1) is 11.8 Å². The molecule has 0 aromatic carbocycles. The van der Waals surface area contributed by atoms with Crippen molar-refractivity contribution in [2.75, 3.05) is 19.7 Å². The highest BCUT2D eigenvalue weighted by atomic mass is 16.5. The van der Waals surface area contributed by atoms with Gasteiger partial charge in [0, 0.05) is 18.7 Å². The molecule has 3 heteroatoms. The van der Waals surface area contributed by atoms with E-state index in [1.54, 1.807) is 0 Å². The van der Waals surface area contributed by atoms with E-state index in [0.717, 1.165) is 38.5 Å². The van der Waals surface area contributed by atoms with Crippen LogP contribution >= 0.6 is 0 Å². The molecular formula is C15H30N2O. The molecule has 1 aliphatic heterocycles. The molecule has 3 N–H and O–H groups in total. The maximum Gasteiger partial charge on any atom is 0.0616 e. The molecule has 0 radical (unpaired) electrons. The Labute approximate surface area is 112 Å². The lowest BCUT2D eigenvalue weighted by Gasteiger charge is -2.42. The van der Waals surface area contributed by atoms with Crippen LogP contribution < -0.4 is 11.1 Å². The second-order valence-corrected chi connectivity index (χ2v) is 6.60. The molecule has 3 nitrogen and oxygen atoms in total. The van der Waals surface area contributed by atoms with E-state index in [2.05, 4.69) is 19.2 Å². The van der Waals surface area contributed by atoms with E-state index >= 15 is 0 Å². The standard InChI is InChI=1S/C15H30N2O/c1-12(2)14-10-15(11-16,7-9-18-14)17-8-3-4-13-5-6-13/h12-14,17H,3-11,16H2,1-2H3. The van der Waals surface area contributed by atoms with Crippen molar-refractivity contribution in [2.24, 2.45) is 17.6 Å². The lowest BCUT2D eigenvalue weighted by Crippen LogP contribution is -2.57. The molecule has 1 saturated carbocycles. The van der Waals surface area contributed by atoms with Gasteiger partial charge in [-0.3, -0.25) is 0 Å². The van der Waals surface area contributed by atoms with Crippen molar-refractivity contribution >= 4 is 0 Å². The first-order valence-electron chi connectivity index (χ1n) is 7.72. The van der Waals surface area contributed by atoms with Crippen molar-refractivity contribution in [2.45, 2.75) is 64.0 Å². The summed E-state index contributed by atoms with van der Waals surface area (Å²) in [6.45, 7) is 7.20. The van der Waals surface area contributed by atoms with E-state index in [4.69, 9.17) is 10.5 Å². The van der Waals surface area contributed by atoms with E-state index in [1.165, 1.54) is 25.7 Å². The third-order valence-electron chi connectivity index (χ3n) is 4.62. The fraction of sp³-hybridized carbons (Fsp3) is 1.00. The molecule has 0 spiro atoms. The zero-order valence-corrected chi connectivity index (χ0v) is 12.1. The molecule has 2 atom stereocenters. The molecule has 106 valence electrons. The topological polar surface area (TPSA) is 47.3 Å². The van der Waals surface area contributed by atoms with Gasteiger partial charge in [-0.2, -0.15) is 0 Å². The Kier molecular flexibility index (Phi) is 5.05. The minimum atomic E-state index is 0.136. The van der Waals surface area contributed by atoms with Crippen molar-refractivity contribution in [3.8, 4) is 0 Å². The Morgan fingerprint density at radius 1 is 1.39 bits per heavy atom. The zero-order chi connectivity index (χ0) is 13.0. The Morgan fingerprint density at radius 2 is 2.17 bits per heavy atom. The summed E-state index contributed by atoms with van der Waals surface area (Å²) in [6.07, 6.45) is 8.15. The van der Waals surface area contributed by atoms with Crippen molar-refractivity contribution in [1.82, 2.24) is 5.32 Å². The summed E-state index contributed by atoms with van der Waals surface area (Å²) in [7, 11) is 0. The average molecular weight is 254 g/mol. The van der Waals surface area contributed by atoms with Gasteiger partial charge in [0.15, 0.2) is 0 Å². The van der Waals surface area contributed by atoms with Crippen LogP contribution in [0.3, 0.4) is 0 Å². The summed E-state index contributed by atoms with van der Waals surface area (Å²) in [5.74, 6) is 1.63. The Hall–Kier alpha value is -0.120. The monoisotopic (exact) mass is 254 g/mol. The second-order valence-electron chi connectivity index (χ2n) is 6.60. The lowest BCUT2D eigenvalue weighted by atomic mass is 9.83. The van der Waals surface area contributed by atoms with Crippen molar-refractivity contribution in [3.05, 3.63) is 0 Å². The highest BCUT2D eigenvalue weighted by Crippen LogP contribution is 2.33. The smallest absolute Gasteiger partial charge is 0.0616 e. The van der Waals surface area contributed by atoms with Crippen LogP contribution in [0.1, 0.15) is 52.4 Å². The summed E-state index contributed by atoms with van der Waals surface area (Å²) < 4.78 is 5.86. The van der Waals surface area contributed by atoms with Crippen LogP contribution in [-0.4, -0.2) is 31.3 Å². The molecule has 1 heterocycles. The number of rotatable bonds is 7. The fourth-order valence-electron chi connectivity index (χ4n) is 2.95. The molecule has 2 aliphatic rings. The summed E-state index contributed by atoms with van der Waals surface area (Å²) in [6, 6.07) is 0. The normalized spacial score (nSPS) is 33.0. The van der Waals surface area contributed by atoms with Crippen LogP contribution in [0.5, 0.6) is 0 Å². The average Bonchev–Trinajstić information content (AvgIpc) is 3.19. The van der Waals surface area contributed by atoms with Crippen molar-refractivity contribution < 1.29 is 4.74 Å². The maximum atomic E-state index is 6.04. The van der Waals surface area contributed by atoms with Crippen LogP contribution in [-0.2, 0) is 4.74 Å². The third-order valence-corrected chi connectivity index (χ3v) is 4.62. The van der Waals surface area contributed by atoms with E-state index in [0.29, 0.717) is 12.0 Å². The number of nitrogens with one attached hydrogen (secondary N) is 1. The van der Waals surface area contributed by atoms with Gasteiger partial charge < -0.3 is 15.8 Å². The van der Waals surface area contributed by atoms with Crippen molar-refractivity contribution in [3.63, 3.8) is 0 Å². The van der Waals surface area contributed by atoms with E-state index in [-0.39, 0.29) is 5.54 Å². The maximum absolute atomic E-state index is 6.04. The Bertz CT molecular complexity index is 253. The fourth-order valence-corrected chi connectivity index (χ4v) is 2.95. The van der Waals surface area contributed by atoms with Crippen LogP contribution in [0.15, 0.2) is 0 Å². The predicted molar refractivity (Wildman–Crippen MR) is 75.6 cm³/mol. The summed E-state index contributed by atoms with van der Waals surface area (Å²) >= 11 is 0. The first kappa shape index (κ1) is 14.3. The molecule has 0 aromatic rings. The minimum Gasteiger partial charge on any atom is -0.378 e. The molecule has 18 heavy (non-hydrogen) atoms. The molecule has 2 fully saturated rings.